The molecule has 0 amide bonds. The zero-order chi connectivity index (χ0) is 90.3. The number of benzene rings is 1. The van der Waals surface area contributed by atoms with E-state index < -0.39 is 0 Å². The fourth-order valence-corrected chi connectivity index (χ4v) is 24.3. The van der Waals surface area contributed by atoms with Crippen molar-refractivity contribution in [1.82, 2.24) is 0 Å². The van der Waals surface area contributed by atoms with Crippen molar-refractivity contribution < 1.29 is 47.4 Å². The van der Waals surface area contributed by atoms with Crippen LogP contribution in [0.25, 0.3) is 0 Å². The van der Waals surface area contributed by atoms with Gasteiger partial charge in [-0.25, -0.2) is 0 Å². The summed E-state index contributed by atoms with van der Waals surface area (Å²) in [5, 5.41) is 0. The molecule has 10 heteroatoms. The molecule has 14 rings (SSSR count). The Labute approximate surface area is 742 Å². The highest BCUT2D eigenvalue weighted by molar-refractivity contribution is 5.29. The second-order valence-corrected chi connectivity index (χ2v) is 47.2. The van der Waals surface area contributed by atoms with Crippen LogP contribution in [-0.4, -0.2) is 130 Å². The summed E-state index contributed by atoms with van der Waals surface area (Å²) in [4.78, 5) is 0. The summed E-state index contributed by atoms with van der Waals surface area (Å²) < 4.78 is 55.9. The largest absolute Gasteiger partial charge is 0.382 e. The summed E-state index contributed by atoms with van der Waals surface area (Å²) in [6.45, 7) is 98.3. The van der Waals surface area contributed by atoms with Crippen LogP contribution in [0, 0.1) is 130 Å². The molecule has 0 N–H and O–H groups in total. The number of ether oxygens (including phenoxy) is 10. The van der Waals surface area contributed by atoms with Crippen molar-refractivity contribution in [2.24, 2.45) is 130 Å². The van der Waals surface area contributed by atoms with E-state index in [-0.39, 0.29) is 0 Å². The molecule has 12 fully saturated rings. The van der Waals surface area contributed by atoms with E-state index in [9.17, 15) is 0 Å². The van der Waals surface area contributed by atoms with E-state index in [0.717, 1.165) is 177 Å². The van der Waals surface area contributed by atoms with Gasteiger partial charge in [0, 0.05) is 106 Å². The van der Waals surface area contributed by atoms with Gasteiger partial charge in [0.15, 0.2) is 0 Å². The Kier molecular flexibility index (Phi) is 48.3. The number of fused-ring (bicyclic) bond motifs is 9. The van der Waals surface area contributed by atoms with Crippen LogP contribution in [-0.2, 0) is 60.2 Å². The zero-order valence-electron chi connectivity index (χ0n) is 86.6. The Balaban J connectivity index is 0.000000343. The lowest BCUT2D eigenvalue weighted by molar-refractivity contribution is -0.123. The van der Waals surface area contributed by atoms with Crippen LogP contribution in [0.5, 0.6) is 0 Å². The molecule has 8 bridgehead atoms. The molecule has 0 heterocycles. The summed E-state index contributed by atoms with van der Waals surface area (Å²) in [5.41, 5.74) is 8.52. The molecule has 12 unspecified atom stereocenters. The normalized spacial score (nSPS) is 30.1. The van der Waals surface area contributed by atoms with E-state index in [1.807, 2.05) is 20.8 Å². The maximum absolute atomic E-state index is 5.99. The van der Waals surface area contributed by atoms with Crippen molar-refractivity contribution in [2.45, 2.75) is 428 Å². The Bertz CT molecular complexity index is 2760. The number of rotatable bonds is 29. The molecule has 0 aromatic heterocycles. The number of hydrogen-bond donors (Lipinski definition) is 0. The van der Waals surface area contributed by atoms with E-state index in [1.165, 1.54) is 147 Å². The van der Waals surface area contributed by atoms with Crippen molar-refractivity contribution in [2.75, 3.05) is 106 Å². The average Bonchev–Trinajstić information content (AvgIpc) is 1.55. The first-order valence-electron chi connectivity index (χ1n) is 50.4. The van der Waals surface area contributed by atoms with Crippen molar-refractivity contribution in [3.05, 3.63) is 35.4 Å². The Morgan fingerprint density at radius 2 is 0.849 bits per heavy atom. The van der Waals surface area contributed by atoms with Gasteiger partial charge < -0.3 is 47.4 Å². The average molecular weight is 1680 g/mol. The number of hydrogen-bond acceptors (Lipinski definition) is 10. The molecule has 1 aromatic rings. The van der Waals surface area contributed by atoms with Crippen LogP contribution >= 0.6 is 0 Å². The second kappa shape index (κ2) is 51.3. The van der Waals surface area contributed by atoms with Crippen LogP contribution in [0.1, 0.15) is 402 Å². The van der Waals surface area contributed by atoms with Crippen molar-refractivity contribution in [1.29, 1.82) is 0 Å². The van der Waals surface area contributed by atoms with E-state index in [2.05, 4.69) is 260 Å². The molecule has 0 saturated heterocycles. The summed E-state index contributed by atoms with van der Waals surface area (Å²) in [5.74, 6) is 9.79. The molecule has 13 aliphatic carbocycles. The summed E-state index contributed by atoms with van der Waals surface area (Å²) in [6.07, 6.45) is 32.6. The molecule has 119 heavy (non-hydrogen) atoms. The van der Waals surface area contributed by atoms with E-state index in [1.54, 1.807) is 5.56 Å². The predicted octanol–water partition coefficient (Wildman–Crippen LogP) is 30.0. The van der Waals surface area contributed by atoms with Gasteiger partial charge in [-0.05, 0) is 345 Å². The molecule has 12 saturated carbocycles. The highest BCUT2D eigenvalue weighted by Gasteiger charge is 2.64. The van der Waals surface area contributed by atoms with Crippen molar-refractivity contribution >= 4 is 0 Å². The van der Waals surface area contributed by atoms with Gasteiger partial charge in [-0.15, -0.1) is 0 Å². The third-order valence-corrected chi connectivity index (χ3v) is 32.3. The van der Waals surface area contributed by atoms with Gasteiger partial charge >= 0.3 is 0 Å². The lowest BCUT2D eigenvalue weighted by atomic mass is 9.46. The van der Waals surface area contributed by atoms with Crippen LogP contribution in [0.2, 0.25) is 0 Å². The predicted molar refractivity (Wildman–Crippen MR) is 512 cm³/mol. The molecule has 1 aromatic carbocycles. The van der Waals surface area contributed by atoms with E-state index >= 15 is 0 Å². The van der Waals surface area contributed by atoms with E-state index in [0.29, 0.717) is 89.4 Å². The van der Waals surface area contributed by atoms with Gasteiger partial charge in [-0.1, -0.05) is 224 Å². The Morgan fingerprint density at radius 3 is 1.28 bits per heavy atom. The topological polar surface area (TPSA) is 92.3 Å². The summed E-state index contributed by atoms with van der Waals surface area (Å²) in [6, 6.07) is 8.79. The molecule has 0 spiro atoms. The smallest absolute Gasteiger partial charge is 0.0682 e. The standard InChI is InChI=1S/C13H24O.C13H18O.3C12H22O.C12H24O.C11H22O.C9H20O.C8H18O.C7H16O/c1-6-14-11-9-7-8-10(12(9,2)3)13(11,4)5;1-2-14-10-11-7-8-12-5-3-4-6-13(12)9-11;1-5-13-10-11(2,3)9-6-7-12(10,4)8-9;1-4-13-8-9-5-10-7-11(6-9)12(10,2)3;1-4-13-8-9-5-6-10-7-11(9)12(10,2)3;1-6-13-10-11(2,3)8-7-9-12(10,4)5;1-6-12-9-10(2,3)7-8-11(9,4)5;1-5-9(3,4)7-8-10-6-2;1-5-9-7-6-8(2,3)4;1-4-8-6-5-7(2)3/h9-11H,6-8H2,1-5H3;3-6,11H,2,7-10H2,1H3;9-10H,5-8H2,1-4H3;2*9-11H,4-8H2,1-3H3;10H,6-9H2,1-5H3;9H,6-8H2,1-5H3;5-8H2,1-4H3;5-7H2,1-4H3;7H,4-6H2,1-3H3. The van der Waals surface area contributed by atoms with Gasteiger partial charge in [0.2, 0.25) is 0 Å². The van der Waals surface area contributed by atoms with Crippen molar-refractivity contribution in [3.63, 3.8) is 0 Å². The minimum absolute atomic E-state index is 0.359. The van der Waals surface area contributed by atoms with Gasteiger partial charge in [0.25, 0.3) is 0 Å². The quantitative estimate of drug-likeness (QED) is 0.0722. The molecular weight excluding hydrogens is 1470 g/mol. The first-order chi connectivity index (χ1) is 55.4. The molecule has 12 atom stereocenters. The summed E-state index contributed by atoms with van der Waals surface area (Å²) in [7, 11) is 0. The van der Waals surface area contributed by atoms with Gasteiger partial charge in [-0.3, -0.25) is 0 Å². The van der Waals surface area contributed by atoms with Gasteiger partial charge in [0.1, 0.15) is 0 Å². The maximum Gasteiger partial charge on any atom is 0.0682 e. The summed E-state index contributed by atoms with van der Waals surface area (Å²) >= 11 is 0. The molecule has 10 nitrogen and oxygen atoms in total. The SMILES string of the molecule is CCOC1C(C)(C)CCC1(C)C.CCOC1C(C)(C)CCCC1(C)C.CCOC1C2(C)CCC(C2)C1(C)C.CCOC1C2CCC(C2(C)C)C1(C)C.CCOCC1CC2CC(C1)C2(C)C.CCOCC1CCC2CC1C2(C)C.CCOCC1CCc2ccccc2C1.CCOCCC(C)(C)C.CCOCCC(C)(C)CC.CCOCCC(C)C. The second-order valence-electron chi connectivity index (χ2n) is 47.2. The minimum Gasteiger partial charge on any atom is -0.382 e. The highest BCUT2D eigenvalue weighted by atomic mass is 16.5. The van der Waals surface area contributed by atoms with E-state index in [4.69, 9.17) is 47.4 Å². The highest BCUT2D eigenvalue weighted by Crippen LogP contribution is 2.67. The Hall–Kier alpha value is -1.18. The molecule has 13 aliphatic rings. The fourth-order valence-electron chi connectivity index (χ4n) is 24.3. The third kappa shape index (κ3) is 34.0. The van der Waals surface area contributed by atoms with Crippen LogP contribution in [0.15, 0.2) is 24.3 Å². The van der Waals surface area contributed by atoms with Crippen LogP contribution in [0.3, 0.4) is 0 Å². The minimum atomic E-state index is 0.359. The number of aryl methyl sites for hydroxylation is 1. The monoisotopic (exact) mass is 1680 g/mol. The first-order valence-corrected chi connectivity index (χ1v) is 50.4. The fraction of sp³-hybridized carbons (Fsp3) is 0.945. The van der Waals surface area contributed by atoms with Gasteiger partial charge in [-0.2, -0.15) is 0 Å². The lowest BCUT2D eigenvalue weighted by Crippen LogP contribution is -2.53. The zero-order valence-corrected chi connectivity index (χ0v) is 86.6. The molecule has 0 radical (unpaired) electrons. The first kappa shape index (κ1) is 112. The van der Waals surface area contributed by atoms with Crippen LogP contribution < -0.4 is 0 Å². The van der Waals surface area contributed by atoms with Crippen LogP contribution in [0.4, 0.5) is 0 Å². The lowest BCUT2D eigenvalue weighted by Gasteiger charge is -2.60. The van der Waals surface area contributed by atoms with Crippen molar-refractivity contribution in [3.8, 4) is 0 Å². The maximum atomic E-state index is 5.99. The molecule has 0 aliphatic heterocycles. The Morgan fingerprint density at radius 1 is 0.378 bits per heavy atom. The van der Waals surface area contributed by atoms with Gasteiger partial charge in [0.05, 0.1) is 24.4 Å². The molecular formula is C109H208O10. The molecule has 704 valence electrons. The third-order valence-electron chi connectivity index (χ3n) is 32.3.